The highest BCUT2D eigenvalue weighted by Crippen LogP contribution is 2.20. The van der Waals surface area contributed by atoms with Gasteiger partial charge in [0.05, 0.1) is 13.2 Å². The maximum atomic E-state index is 10.3. The number of rotatable bonds is 4. The normalized spacial score (nSPS) is 26.1. The molecule has 1 fully saturated rings. The molecule has 1 aromatic rings. The van der Waals surface area contributed by atoms with Gasteiger partial charge in [0, 0.05) is 31.7 Å². The van der Waals surface area contributed by atoms with E-state index in [4.69, 9.17) is 4.74 Å². The Balaban J connectivity index is 1.97. The molecular formula is C15H24N2O2. The average Bonchev–Trinajstić information content (AvgIpc) is 2.37. The Morgan fingerprint density at radius 1 is 1.37 bits per heavy atom. The number of nitrogens with one attached hydrogen (secondary N) is 1. The van der Waals surface area contributed by atoms with Gasteiger partial charge in [0.25, 0.3) is 0 Å². The summed E-state index contributed by atoms with van der Waals surface area (Å²) in [6.07, 6.45) is -0.465. The van der Waals surface area contributed by atoms with Crippen LogP contribution in [0.2, 0.25) is 0 Å². The molecule has 1 aromatic carbocycles. The second-order valence-electron chi connectivity index (χ2n) is 5.48. The minimum atomic E-state index is -0.465. The standard InChI is InChI=1S/C15H24N2O2/c1-11-8-17(9-12(2)16-11)10-15(18)13-5-4-6-14(7-13)19-3/h4-7,11-12,15-16,18H,8-10H2,1-3H3. The maximum Gasteiger partial charge on any atom is 0.119 e. The molecule has 106 valence electrons. The lowest BCUT2D eigenvalue weighted by Gasteiger charge is -2.37. The van der Waals surface area contributed by atoms with Crippen LogP contribution in [0.4, 0.5) is 0 Å². The molecule has 0 aliphatic carbocycles. The summed E-state index contributed by atoms with van der Waals surface area (Å²) in [7, 11) is 1.64. The molecular weight excluding hydrogens is 240 g/mol. The Morgan fingerprint density at radius 3 is 2.68 bits per heavy atom. The number of hydrogen-bond acceptors (Lipinski definition) is 4. The fourth-order valence-electron chi connectivity index (χ4n) is 2.79. The fraction of sp³-hybridized carbons (Fsp3) is 0.600. The maximum absolute atomic E-state index is 10.3. The smallest absolute Gasteiger partial charge is 0.119 e. The van der Waals surface area contributed by atoms with E-state index in [-0.39, 0.29) is 0 Å². The highest BCUT2D eigenvalue weighted by molar-refractivity contribution is 5.29. The molecule has 1 heterocycles. The molecule has 0 bridgehead atoms. The van der Waals surface area contributed by atoms with Gasteiger partial charge in [0.2, 0.25) is 0 Å². The van der Waals surface area contributed by atoms with Crippen LogP contribution < -0.4 is 10.1 Å². The summed E-state index contributed by atoms with van der Waals surface area (Å²) >= 11 is 0. The second kappa shape index (κ2) is 6.37. The molecule has 1 aliphatic rings. The van der Waals surface area contributed by atoms with Crippen molar-refractivity contribution in [2.75, 3.05) is 26.7 Å². The van der Waals surface area contributed by atoms with Gasteiger partial charge in [-0.25, -0.2) is 0 Å². The van der Waals surface area contributed by atoms with E-state index in [0.29, 0.717) is 18.6 Å². The van der Waals surface area contributed by atoms with Crippen molar-refractivity contribution in [3.63, 3.8) is 0 Å². The summed E-state index contributed by atoms with van der Waals surface area (Å²) in [6, 6.07) is 8.61. The third-order valence-corrected chi connectivity index (χ3v) is 3.54. The number of β-amino-alcohol motifs (C(OH)–C–C–N with tert-alkyl or cyclic N) is 1. The Hall–Kier alpha value is -1.10. The first-order valence-corrected chi connectivity index (χ1v) is 6.89. The Bertz CT molecular complexity index is 401. The number of aliphatic hydroxyl groups excluding tert-OH is 1. The largest absolute Gasteiger partial charge is 0.497 e. The van der Waals surface area contributed by atoms with E-state index in [1.807, 2.05) is 24.3 Å². The number of benzene rings is 1. The van der Waals surface area contributed by atoms with E-state index in [2.05, 4.69) is 24.1 Å². The van der Waals surface area contributed by atoms with Gasteiger partial charge < -0.3 is 15.2 Å². The predicted octanol–water partition coefficient (Wildman–Crippen LogP) is 1.41. The number of piperazine rings is 1. The highest BCUT2D eigenvalue weighted by atomic mass is 16.5. The molecule has 0 saturated carbocycles. The first kappa shape index (κ1) is 14.3. The topological polar surface area (TPSA) is 44.7 Å². The molecule has 1 saturated heterocycles. The summed E-state index contributed by atoms with van der Waals surface area (Å²) in [5.41, 5.74) is 0.915. The van der Waals surface area contributed by atoms with E-state index in [1.54, 1.807) is 7.11 Å². The van der Waals surface area contributed by atoms with Gasteiger partial charge in [-0.1, -0.05) is 12.1 Å². The van der Waals surface area contributed by atoms with Crippen LogP contribution in [0.1, 0.15) is 25.5 Å². The minimum absolute atomic E-state index is 0.465. The van der Waals surface area contributed by atoms with E-state index in [9.17, 15) is 5.11 Å². The second-order valence-corrected chi connectivity index (χ2v) is 5.48. The zero-order valence-electron chi connectivity index (χ0n) is 12.0. The highest BCUT2D eigenvalue weighted by Gasteiger charge is 2.23. The number of aliphatic hydroxyl groups is 1. The molecule has 3 atom stereocenters. The van der Waals surface area contributed by atoms with Crippen LogP contribution in [0.15, 0.2) is 24.3 Å². The van der Waals surface area contributed by atoms with E-state index >= 15 is 0 Å². The van der Waals surface area contributed by atoms with Crippen molar-refractivity contribution in [3.8, 4) is 5.75 Å². The van der Waals surface area contributed by atoms with Gasteiger partial charge in [-0.15, -0.1) is 0 Å². The minimum Gasteiger partial charge on any atom is -0.497 e. The Morgan fingerprint density at radius 2 is 2.05 bits per heavy atom. The Kier molecular flexibility index (Phi) is 4.80. The summed E-state index contributed by atoms with van der Waals surface area (Å²) in [5.74, 6) is 0.790. The van der Waals surface area contributed by atoms with Gasteiger partial charge in [-0.3, -0.25) is 4.90 Å². The molecule has 0 aromatic heterocycles. The molecule has 1 aliphatic heterocycles. The zero-order valence-corrected chi connectivity index (χ0v) is 12.0. The first-order valence-electron chi connectivity index (χ1n) is 6.89. The monoisotopic (exact) mass is 264 g/mol. The average molecular weight is 264 g/mol. The fourth-order valence-corrected chi connectivity index (χ4v) is 2.79. The molecule has 0 radical (unpaired) electrons. The van der Waals surface area contributed by atoms with Crippen LogP contribution in [0.3, 0.4) is 0 Å². The van der Waals surface area contributed by atoms with Gasteiger partial charge >= 0.3 is 0 Å². The van der Waals surface area contributed by atoms with E-state index < -0.39 is 6.10 Å². The lowest BCUT2D eigenvalue weighted by molar-refractivity contribution is 0.0846. The molecule has 2 N–H and O–H groups in total. The van der Waals surface area contributed by atoms with Crippen molar-refractivity contribution >= 4 is 0 Å². The van der Waals surface area contributed by atoms with Crippen LogP contribution in [0, 0.1) is 0 Å². The molecule has 0 spiro atoms. The van der Waals surface area contributed by atoms with Crippen molar-refractivity contribution in [1.82, 2.24) is 10.2 Å². The summed E-state index contributed by atoms with van der Waals surface area (Å²) < 4.78 is 5.19. The zero-order chi connectivity index (χ0) is 13.8. The SMILES string of the molecule is COc1cccc(C(O)CN2CC(C)NC(C)C2)c1. The molecule has 4 heteroatoms. The summed E-state index contributed by atoms with van der Waals surface area (Å²) in [6.45, 7) is 6.99. The lowest BCUT2D eigenvalue weighted by atomic mass is 10.1. The number of ether oxygens (including phenoxy) is 1. The molecule has 19 heavy (non-hydrogen) atoms. The van der Waals surface area contributed by atoms with Crippen molar-refractivity contribution in [1.29, 1.82) is 0 Å². The molecule has 3 unspecified atom stereocenters. The number of hydrogen-bond donors (Lipinski definition) is 2. The molecule has 4 nitrogen and oxygen atoms in total. The van der Waals surface area contributed by atoms with Crippen LogP contribution in [-0.2, 0) is 0 Å². The summed E-state index contributed by atoms with van der Waals surface area (Å²) in [4.78, 5) is 2.32. The van der Waals surface area contributed by atoms with Crippen molar-refractivity contribution in [2.24, 2.45) is 0 Å². The lowest BCUT2D eigenvalue weighted by Crippen LogP contribution is -2.54. The summed E-state index contributed by atoms with van der Waals surface area (Å²) in [5, 5.41) is 13.8. The van der Waals surface area contributed by atoms with Crippen molar-refractivity contribution < 1.29 is 9.84 Å². The third-order valence-electron chi connectivity index (χ3n) is 3.54. The van der Waals surface area contributed by atoms with Crippen LogP contribution in [0.5, 0.6) is 5.75 Å². The van der Waals surface area contributed by atoms with Gasteiger partial charge in [-0.05, 0) is 31.5 Å². The quantitative estimate of drug-likeness (QED) is 0.863. The van der Waals surface area contributed by atoms with Crippen LogP contribution in [-0.4, -0.2) is 48.8 Å². The van der Waals surface area contributed by atoms with E-state index in [0.717, 1.165) is 24.4 Å². The number of methoxy groups -OCH3 is 1. The molecule has 0 amide bonds. The molecule has 2 rings (SSSR count). The predicted molar refractivity (Wildman–Crippen MR) is 76.5 cm³/mol. The van der Waals surface area contributed by atoms with Gasteiger partial charge in [0.15, 0.2) is 0 Å². The first-order chi connectivity index (χ1) is 9.08. The van der Waals surface area contributed by atoms with Crippen molar-refractivity contribution in [2.45, 2.75) is 32.0 Å². The van der Waals surface area contributed by atoms with Gasteiger partial charge in [0.1, 0.15) is 5.75 Å². The van der Waals surface area contributed by atoms with Crippen LogP contribution >= 0.6 is 0 Å². The van der Waals surface area contributed by atoms with Crippen molar-refractivity contribution in [3.05, 3.63) is 29.8 Å². The van der Waals surface area contributed by atoms with Crippen LogP contribution in [0.25, 0.3) is 0 Å². The van der Waals surface area contributed by atoms with Gasteiger partial charge in [-0.2, -0.15) is 0 Å². The Labute approximate surface area is 115 Å². The number of nitrogens with zero attached hydrogens (tertiary/aromatic N) is 1. The van der Waals surface area contributed by atoms with E-state index in [1.165, 1.54) is 0 Å². The third kappa shape index (κ3) is 3.93.